The van der Waals surface area contributed by atoms with Crippen LogP contribution in [0, 0.1) is 0 Å². The summed E-state index contributed by atoms with van der Waals surface area (Å²) < 4.78 is 28.7. The molecule has 86 valence electrons. The summed E-state index contributed by atoms with van der Waals surface area (Å²) >= 11 is 5.79. The van der Waals surface area contributed by atoms with Gasteiger partial charge in [-0.15, -0.1) is 0 Å². The zero-order chi connectivity index (χ0) is 11.8. The van der Waals surface area contributed by atoms with Crippen molar-refractivity contribution < 1.29 is 18.3 Å². The van der Waals surface area contributed by atoms with E-state index in [1.54, 1.807) is 0 Å². The number of aldehydes is 1. The first kappa shape index (κ1) is 11.3. The summed E-state index contributed by atoms with van der Waals surface area (Å²) in [6, 6.07) is 4.34. The highest BCUT2D eigenvalue weighted by molar-refractivity contribution is 6.30. The average molecular weight is 247 g/mol. The molecule has 1 aliphatic carbocycles. The molecule has 0 aliphatic heterocycles. The number of carbonyl (C=O) groups excluding carboxylic acids is 1. The molecule has 0 bridgehead atoms. The molecule has 1 fully saturated rings. The van der Waals surface area contributed by atoms with E-state index in [1.807, 2.05) is 0 Å². The predicted octanol–water partition coefficient (Wildman–Crippen LogP) is 3.17. The predicted molar refractivity (Wildman–Crippen MR) is 55.1 cm³/mol. The topological polar surface area (TPSA) is 26.3 Å². The van der Waals surface area contributed by atoms with Crippen LogP contribution in [-0.4, -0.2) is 12.9 Å². The van der Waals surface area contributed by atoms with Crippen LogP contribution in [0.5, 0.6) is 5.75 Å². The number of alkyl halides is 2. The van der Waals surface area contributed by atoms with Gasteiger partial charge in [0, 0.05) is 10.6 Å². The van der Waals surface area contributed by atoms with Gasteiger partial charge in [0.1, 0.15) is 12.0 Å². The molecule has 0 saturated heterocycles. The van der Waals surface area contributed by atoms with Gasteiger partial charge in [-0.25, -0.2) is 0 Å². The number of carbonyl (C=O) groups is 1. The standard InChI is InChI=1S/C11H9ClF2O2/c12-7-1-2-9(16-10(13)14)8(5-7)11(6-15)3-4-11/h1-2,5-6,10H,3-4H2. The van der Waals surface area contributed by atoms with Crippen LogP contribution in [0.2, 0.25) is 5.02 Å². The molecule has 1 aliphatic rings. The van der Waals surface area contributed by atoms with E-state index in [2.05, 4.69) is 4.74 Å². The highest BCUT2D eigenvalue weighted by atomic mass is 35.5. The van der Waals surface area contributed by atoms with Crippen molar-refractivity contribution in [1.82, 2.24) is 0 Å². The number of benzene rings is 1. The maximum absolute atomic E-state index is 12.2. The van der Waals surface area contributed by atoms with E-state index in [0.29, 0.717) is 23.4 Å². The van der Waals surface area contributed by atoms with Gasteiger partial charge in [-0.05, 0) is 31.0 Å². The monoisotopic (exact) mass is 246 g/mol. The van der Waals surface area contributed by atoms with E-state index in [-0.39, 0.29) is 5.75 Å². The Morgan fingerprint density at radius 3 is 2.62 bits per heavy atom. The van der Waals surface area contributed by atoms with Crippen LogP contribution in [0.1, 0.15) is 18.4 Å². The SMILES string of the molecule is O=CC1(c2cc(Cl)ccc2OC(F)F)CC1. The Bertz CT molecular complexity index is 416. The lowest BCUT2D eigenvalue weighted by atomic mass is 9.97. The van der Waals surface area contributed by atoms with Crippen molar-refractivity contribution in [2.75, 3.05) is 0 Å². The van der Waals surface area contributed by atoms with Gasteiger partial charge in [-0.3, -0.25) is 0 Å². The molecule has 0 spiro atoms. The molecule has 0 aromatic heterocycles. The van der Waals surface area contributed by atoms with Gasteiger partial charge in [0.05, 0.1) is 5.41 Å². The molecule has 16 heavy (non-hydrogen) atoms. The molecular weight excluding hydrogens is 238 g/mol. The Hall–Kier alpha value is -1.16. The zero-order valence-electron chi connectivity index (χ0n) is 8.25. The van der Waals surface area contributed by atoms with E-state index in [0.717, 1.165) is 6.29 Å². The molecule has 2 nitrogen and oxygen atoms in total. The highest BCUT2D eigenvalue weighted by Crippen LogP contribution is 2.50. The molecule has 1 saturated carbocycles. The molecule has 1 aromatic rings. The maximum Gasteiger partial charge on any atom is 0.387 e. The molecular formula is C11H9ClF2O2. The molecule has 0 heterocycles. The minimum atomic E-state index is -2.90. The van der Waals surface area contributed by atoms with Crippen LogP contribution in [0.25, 0.3) is 0 Å². The van der Waals surface area contributed by atoms with E-state index < -0.39 is 12.0 Å². The number of hydrogen-bond donors (Lipinski definition) is 0. The molecule has 0 atom stereocenters. The number of hydrogen-bond acceptors (Lipinski definition) is 2. The lowest BCUT2D eigenvalue weighted by Gasteiger charge is -2.14. The lowest BCUT2D eigenvalue weighted by molar-refractivity contribution is -0.110. The summed E-state index contributed by atoms with van der Waals surface area (Å²) in [6.07, 6.45) is 2.07. The summed E-state index contributed by atoms with van der Waals surface area (Å²) in [6.45, 7) is -2.90. The molecule has 0 radical (unpaired) electrons. The van der Waals surface area contributed by atoms with E-state index in [9.17, 15) is 13.6 Å². The van der Waals surface area contributed by atoms with E-state index in [1.165, 1.54) is 18.2 Å². The van der Waals surface area contributed by atoms with Gasteiger partial charge in [0.2, 0.25) is 0 Å². The van der Waals surface area contributed by atoms with Gasteiger partial charge < -0.3 is 9.53 Å². The maximum atomic E-state index is 12.2. The second kappa shape index (κ2) is 4.01. The quantitative estimate of drug-likeness (QED) is 0.763. The first-order chi connectivity index (χ1) is 7.57. The second-order valence-corrected chi connectivity index (χ2v) is 4.23. The van der Waals surface area contributed by atoms with Crippen molar-refractivity contribution in [1.29, 1.82) is 0 Å². The summed E-state index contributed by atoms with van der Waals surface area (Å²) in [4.78, 5) is 11.0. The number of rotatable bonds is 4. The van der Waals surface area contributed by atoms with Crippen LogP contribution < -0.4 is 4.74 Å². The van der Waals surface area contributed by atoms with Crippen LogP contribution in [0.3, 0.4) is 0 Å². The van der Waals surface area contributed by atoms with Crippen LogP contribution in [0.15, 0.2) is 18.2 Å². The highest BCUT2D eigenvalue weighted by Gasteiger charge is 2.46. The second-order valence-electron chi connectivity index (χ2n) is 3.79. The van der Waals surface area contributed by atoms with Crippen molar-refractivity contribution in [3.63, 3.8) is 0 Å². The largest absolute Gasteiger partial charge is 0.435 e. The Balaban J connectivity index is 2.41. The van der Waals surface area contributed by atoms with Crippen molar-refractivity contribution in [3.05, 3.63) is 28.8 Å². The van der Waals surface area contributed by atoms with Gasteiger partial charge in [-0.2, -0.15) is 8.78 Å². The van der Waals surface area contributed by atoms with Crippen molar-refractivity contribution in [3.8, 4) is 5.75 Å². The first-order valence-corrected chi connectivity index (χ1v) is 5.16. The van der Waals surface area contributed by atoms with Crippen molar-refractivity contribution in [2.24, 2.45) is 0 Å². The fourth-order valence-corrected chi connectivity index (χ4v) is 1.85. The summed E-state index contributed by atoms with van der Waals surface area (Å²) in [5.41, 5.74) is -0.218. The molecule has 1 aromatic carbocycles. The fraction of sp³-hybridized carbons (Fsp3) is 0.364. The van der Waals surface area contributed by atoms with E-state index >= 15 is 0 Å². The van der Waals surface area contributed by atoms with Gasteiger partial charge in [0.15, 0.2) is 0 Å². The Labute approximate surface area is 96.2 Å². The Kier molecular flexibility index (Phi) is 2.84. The zero-order valence-corrected chi connectivity index (χ0v) is 9.01. The molecule has 0 amide bonds. The van der Waals surface area contributed by atoms with Gasteiger partial charge in [-0.1, -0.05) is 11.6 Å². The minimum Gasteiger partial charge on any atom is -0.435 e. The molecule has 0 N–H and O–H groups in total. The third-order valence-corrected chi connectivity index (χ3v) is 2.94. The Morgan fingerprint density at radius 1 is 1.44 bits per heavy atom. The normalized spacial score (nSPS) is 17.2. The first-order valence-electron chi connectivity index (χ1n) is 4.78. The summed E-state index contributed by atoms with van der Waals surface area (Å²) in [5, 5.41) is 0.407. The van der Waals surface area contributed by atoms with Crippen molar-refractivity contribution in [2.45, 2.75) is 24.9 Å². The van der Waals surface area contributed by atoms with Crippen molar-refractivity contribution >= 4 is 17.9 Å². The summed E-state index contributed by atoms with van der Waals surface area (Å²) in [7, 11) is 0. The summed E-state index contributed by atoms with van der Waals surface area (Å²) in [5.74, 6) is 0.0315. The van der Waals surface area contributed by atoms with E-state index in [4.69, 9.17) is 11.6 Å². The average Bonchev–Trinajstić information content (AvgIpc) is 3.01. The van der Waals surface area contributed by atoms with Crippen LogP contribution in [0.4, 0.5) is 8.78 Å². The lowest BCUT2D eigenvalue weighted by Crippen LogP contribution is -2.12. The Morgan fingerprint density at radius 2 is 2.12 bits per heavy atom. The molecule has 5 heteroatoms. The van der Waals surface area contributed by atoms with Gasteiger partial charge in [0.25, 0.3) is 0 Å². The number of ether oxygens (including phenoxy) is 1. The van der Waals surface area contributed by atoms with Crippen LogP contribution >= 0.6 is 11.6 Å². The minimum absolute atomic E-state index is 0.0315. The third kappa shape index (κ3) is 2.02. The fourth-order valence-electron chi connectivity index (χ4n) is 1.68. The number of halogens is 3. The smallest absolute Gasteiger partial charge is 0.387 e. The van der Waals surface area contributed by atoms with Gasteiger partial charge >= 0.3 is 6.61 Å². The van der Waals surface area contributed by atoms with Crippen LogP contribution in [-0.2, 0) is 10.2 Å². The third-order valence-electron chi connectivity index (χ3n) is 2.71. The molecule has 0 unspecified atom stereocenters. The molecule has 2 rings (SSSR count).